The molecule has 0 spiro atoms. The maximum Gasteiger partial charge on any atom is 0.407 e. The van der Waals surface area contributed by atoms with E-state index in [1.54, 1.807) is 12.1 Å². The molecule has 1 aliphatic carbocycles. The number of morpholine rings is 1. The average molecular weight is 390 g/mol. The van der Waals surface area contributed by atoms with Crippen molar-refractivity contribution in [2.45, 2.75) is 44.7 Å². The molecular formula is C20H27FN4O3. The van der Waals surface area contributed by atoms with Crippen molar-refractivity contribution in [3.8, 4) is 0 Å². The number of nitrogens with one attached hydrogen (secondary N) is 1. The lowest BCUT2D eigenvalue weighted by Gasteiger charge is -2.33. The molecule has 8 heteroatoms. The maximum atomic E-state index is 15.3. The molecule has 2 heterocycles. The van der Waals surface area contributed by atoms with Gasteiger partial charge in [0.15, 0.2) is 5.82 Å². The molecular weight excluding hydrogens is 363 g/mol. The summed E-state index contributed by atoms with van der Waals surface area (Å²) in [6.07, 6.45) is 3.34. The summed E-state index contributed by atoms with van der Waals surface area (Å²) in [7, 11) is 0. The molecule has 7 nitrogen and oxygen atoms in total. The van der Waals surface area contributed by atoms with Gasteiger partial charge in [0.1, 0.15) is 11.3 Å². The van der Waals surface area contributed by atoms with E-state index in [9.17, 15) is 9.90 Å². The molecule has 1 amide bonds. The third kappa shape index (κ3) is 3.46. The Labute approximate surface area is 163 Å². The quantitative estimate of drug-likeness (QED) is 0.743. The van der Waals surface area contributed by atoms with E-state index in [1.165, 1.54) is 4.90 Å². The van der Waals surface area contributed by atoms with Gasteiger partial charge in [-0.25, -0.2) is 14.2 Å². The molecule has 2 aliphatic rings. The molecule has 1 aliphatic heterocycles. The smallest absolute Gasteiger partial charge is 0.407 e. The number of imidazole rings is 1. The largest absolute Gasteiger partial charge is 0.465 e. The van der Waals surface area contributed by atoms with Crippen molar-refractivity contribution >= 4 is 17.1 Å². The first-order valence-electron chi connectivity index (χ1n) is 9.96. The van der Waals surface area contributed by atoms with E-state index >= 15 is 4.39 Å². The van der Waals surface area contributed by atoms with Gasteiger partial charge in [-0.3, -0.25) is 4.90 Å². The van der Waals surface area contributed by atoms with E-state index in [-0.39, 0.29) is 30.3 Å². The molecule has 2 aromatic rings. The number of carboxylic acid groups (broad SMARTS) is 1. The van der Waals surface area contributed by atoms with E-state index < -0.39 is 18.0 Å². The lowest BCUT2D eigenvalue weighted by Crippen LogP contribution is -2.43. The highest BCUT2D eigenvalue weighted by Gasteiger charge is 2.32. The number of benzene rings is 1. The molecule has 4 rings (SSSR count). The van der Waals surface area contributed by atoms with Crippen molar-refractivity contribution in [3.63, 3.8) is 0 Å². The zero-order chi connectivity index (χ0) is 19.8. The van der Waals surface area contributed by atoms with Crippen molar-refractivity contribution in [2.75, 3.05) is 19.8 Å². The summed E-state index contributed by atoms with van der Waals surface area (Å²) in [6, 6.07) is 2.43. The molecule has 4 N–H and O–H groups in total. The predicted octanol–water partition coefficient (Wildman–Crippen LogP) is 3.58. The van der Waals surface area contributed by atoms with E-state index in [0.29, 0.717) is 23.9 Å². The van der Waals surface area contributed by atoms with E-state index in [2.05, 4.69) is 16.9 Å². The van der Waals surface area contributed by atoms with E-state index in [4.69, 9.17) is 10.5 Å². The molecule has 2 atom stereocenters. The highest BCUT2D eigenvalue weighted by Crippen LogP contribution is 2.36. The van der Waals surface area contributed by atoms with Gasteiger partial charge < -0.3 is 20.6 Å². The number of amides is 1. The van der Waals surface area contributed by atoms with Crippen LogP contribution in [0.1, 0.15) is 56.1 Å². The highest BCUT2D eigenvalue weighted by atomic mass is 19.1. The van der Waals surface area contributed by atoms with Crippen molar-refractivity contribution in [2.24, 2.45) is 17.6 Å². The summed E-state index contributed by atoms with van der Waals surface area (Å²) in [6.45, 7) is 2.92. The number of halogens is 1. The first-order valence-corrected chi connectivity index (χ1v) is 9.96. The number of ether oxygens (including phenoxy) is 1. The number of carbonyl (C=O) groups is 1. The number of fused-ring (bicyclic) bond motifs is 1. The van der Waals surface area contributed by atoms with Crippen LogP contribution < -0.4 is 5.73 Å². The topological polar surface area (TPSA) is 104 Å². The van der Waals surface area contributed by atoms with Crippen molar-refractivity contribution in [3.05, 3.63) is 29.3 Å². The lowest BCUT2D eigenvalue weighted by molar-refractivity contribution is -0.00190. The van der Waals surface area contributed by atoms with Crippen LogP contribution in [-0.2, 0) is 4.74 Å². The highest BCUT2D eigenvalue weighted by molar-refractivity contribution is 5.77. The Kier molecular flexibility index (Phi) is 5.25. The van der Waals surface area contributed by atoms with Gasteiger partial charge in [0, 0.05) is 12.1 Å². The standard InChI is InChI=1S/C20H27FN4O3/c1-11-2-4-12(5-3-11)17(22)19-23-14-7-6-13(16(21)18(14)24-19)15-10-28-9-8-25(15)20(26)27/h6-7,11-12,15,17H,2-5,8-10,22H2,1H3,(H,23,24)(H,26,27)/t11?,12?,15?,17-/m0/s1. The second-order valence-corrected chi connectivity index (χ2v) is 8.10. The minimum absolute atomic E-state index is 0.131. The summed E-state index contributed by atoms with van der Waals surface area (Å²) < 4.78 is 20.7. The minimum atomic E-state index is -1.08. The van der Waals surface area contributed by atoms with Crippen LogP contribution >= 0.6 is 0 Å². The van der Waals surface area contributed by atoms with Gasteiger partial charge in [-0.15, -0.1) is 0 Å². The van der Waals surface area contributed by atoms with Crippen molar-refractivity contribution < 1.29 is 19.0 Å². The molecule has 152 valence electrons. The van der Waals surface area contributed by atoms with E-state index in [0.717, 1.165) is 31.6 Å². The number of aromatic nitrogens is 2. The Morgan fingerprint density at radius 1 is 1.39 bits per heavy atom. The zero-order valence-corrected chi connectivity index (χ0v) is 16.0. The van der Waals surface area contributed by atoms with Crippen LogP contribution in [0, 0.1) is 17.7 Å². The fraction of sp³-hybridized carbons (Fsp3) is 0.600. The van der Waals surface area contributed by atoms with Crippen LogP contribution in [-0.4, -0.2) is 45.8 Å². The van der Waals surface area contributed by atoms with E-state index in [1.807, 2.05) is 0 Å². The number of rotatable bonds is 3. The van der Waals surface area contributed by atoms with Crippen molar-refractivity contribution in [1.82, 2.24) is 14.9 Å². The van der Waals surface area contributed by atoms with Crippen LogP contribution in [0.4, 0.5) is 9.18 Å². The molecule has 0 radical (unpaired) electrons. The first kappa shape index (κ1) is 19.1. The second-order valence-electron chi connectivity index (χ2n) is 8.10. The summed E-state index contributed by atoms with van der Waals surface area (Å²) in [4.78, 5) is 20.4. The van der Waals surface area contributed by atoms with Crippen LogP contribution in [0.2, 0.25) is 0 Å². The Morgan fingerprint density at radius 3 is 2.86 bits per heavy atom. The first-order chi connectivity index (χ1) is 13.5. The molecule has 1 saturated heterocycles. The Bertz CT molecular complexity index is 862. The summed E-state index contributed by atoms with van der Waals surface area (Å²) in [5.41, 5.74) is 7.52. The number of hydrogen-bond donors (Lipinski definition) is 3. The summed E-state index contributed by atoms with van der Waals surface area (Å²) in [5, 5.41) is 9.42. The van der Waals surface area contributed by atoms with Crippen LogP contribution in [0.25, 0.3) is 11.0 Å². The number of nitrogens with zero attached hydrogens (tertiary/aromatic N) is 2. The zero-order valence-electron chi connectivity index (χ0n) is 16.0. The maximum absolute atomic E-state index is 15.3. The van der Waals surface area contributed by atoms with Gasteiger partial charge in [-0.05, 0) is 30.7 Å². The number of H-pyrrole nitrogens is 1. The van der Waals surface area contributed by atoms with Gasteiger partial charge >= 0.3 is 6.09 Å². The normalized spacial score (nSPS) is 27.1. The Hall–Kier alpha value is -2.19. The SMILES string of the molecule is CC1CCC([C@H](N)c2nc3c(F)c(C4COCCN4C(=O)O)ccc3[nH]2)CC1. The molecule has 0 bridgehead atoms. The third-order valence-corrected chi connectivity index (χ3v) is 6.26. The fourth-order valence-corrected chi connectivity index (χ4v) is 4.45. The molecule has 1 saturated carbocycles. The summed E-state index contributed by atoms with van der Waals surface area (Å²) >= 11 is 0. The van der Waals surface area contributed by atoms with Crippen molar-refractivity contribution in [1.29, 1.82) is 0 Å². The molecule has 2 fully saturated rings. The van der Waals surface area contributed by atoms with Gasteiger partial charge in [0.2, 0.25) is 0 Å². The number of aromatic amines is 1. The average Bonchev–Trinajstić information content (AvgIpc) is 3.13. The predicted molar refractivity (Wildman–Crippen MR) is 102 cm³/mol. The van der Waals surface area contributed by atoms with Gasteiger partial charge in [0.25, 0.3) is 0 Å². The molecule has 1 aromatic carbocycles. The monoisotopic (exact) mass is 390 g/mol. The molecule has 1 unspecified atom stereocenters. The van der Waals surface area contributed by atoms with Gasteiger partial charge in [-0.1, -0.05) is 25.8 Å². The Balaban J connectivity index is 1.63. The Morgan fingerprint density at radius 2 is 2.14 bits per heavy atom. The lowest BCUT2D eigenvalue weighted by atomic mass is 9.79. The van der Waals surface area contributed by atoms with Gasteiger partial charge in [0.05, 0.1) is 30.8 Å². The van der Waals surface area contributed by atoms with Crippen LogP contribution in [0.15, 0.2) is 12.1 Å². The molecule has 28 heavy (non-hydrogen) atoms. The third-order valence-electron chi connectivity index (χ3n) is 6.26. The second kappa shape index (κ2) is 7.67. The summed E-state index contributed by atoms with van der Waals surface area (Å²) in [5.74, 6) is 1.16. The molecule has 1 aromatic heterocycles. The van der Waals surface area contributed by atoms with Crippen LogP contribution in [0.5, 0.6) is 0 Å². The van der Waals surface area contributed by atoms with Crippen LogP contribution in [0.3, 0.4) is 0 Å². The number of nitrogens with two attached hydrogens (primary N) is 1. The fourth-order valence-electron chi connectivity index (χ4n) is 4.45. The van der Waals surface area contributed by atoms with Gasteiger partial charge in [-0.2, -0.15) is 0 Å². The number of hydrogen-bond acceptors (Lipinski definition) is 4. The minimum Gasteiger partial charge on any atom is -0.465 e.